The number of oxazole rings is 1. The van der Waals surface area contributed by atoms with Crippen LogP contribution in [-0.4, -0.2) is 17.6 Å². The molecule has 1 saturated carbocycles. The molecule has 1 aromatic carbocycles. The Morgan fingerprint density at radius 2 is 2.25 bits per heavy atom. The average molecular weight is 339 g/mol. The van der Waals surface area contributed by atoms with Gasteiger partial charge >= 0.3 is 0 Å². The van der Waals surface area contributed by atoms with Crippen molar-refractivity contribution in [2.45, 2.75) is 31.7 Å². The van der Waals surface area contributed by atoms with Crippen LogP contribution in [0.15, 0.2) is 33.3 Å². The van der Waals surface area contributed by atoms with Crippen LogP contribution < -0.4 is 5.32 Å². The second kappa shape index (κ2) is 6.06. The quantitative estimate of drug-likeness (QED) is 0.811. The molecule has 106 valence electrons. The number of rotatable bonds is 6. The summed E-state index contributed by atoms with van der Waals surface area (Å²) < 4.78 is 20.2. The lowest BCUT2D eigenvalue weighted by molar-refractivity contribution is 0.488. The van der Waals surface area contributed by atoms with Crippen molar-refractivity contribution < 1.29 is 8.81 Å². The van der Waals surface area contributed by atoms with E-state index >= 15 is 0 Å². The maximum absolute atomic E-state index is 13.8. The fraction of sp³-hybridized carbons (Fsp3) is 0.400. The van der Waals surface area contributed by atoms with Crippen molar-refractivity contribution in [1.82, 2.24) is 10.3 Å². The Labute approximate surface area is 125 Å². The highest BCUT2D eigenvalue weighted by Gasteiger charge is 2.19. The van der Waals surface area contributed by atoms with Gasteiger partial charge < -0.3 is 9.73 Å². The van der Waals surface area contributed by atoms with Crippen LogP contribution in [0.5, 0.6) is 0 Å². The van der Waals surface area contributed by atoms with Crippen molar-refractivity contribution in [3.63, 3.8) is 0 Å². The van der Waals surface area contributed by atoms with Crippen molar-refractivity contribution in [2.75, 3.05) is 6.54 Å². The Hall–Kier alpha value is -1.20. The zero-order chi connectivity index (χ0) is 13.9. The second-order valence-electron chi connectivity index (χ2n) is 5.07. The Balaban J connectivity index is 1.60. The van der Waals surface area contributed by atoms with E-state index in [-0.39, 0.29) is 5.82 Å². The van der Waals surface area contributed by atoms with Crippen molar-refractivity contribution >= 4 is 15.9 Å². The van der Waals surface area contributed by atoms with Crippen LogP contribution in [0, 0.1) is 5.82 Å². The van der Waals surface area contributed by atoms with Crippen LogP contribution in [0.2, 0.25) is 0 Å². The minimum atomic E-state index is -0.308. The van der Waals surface area contributed by atoms with E-state index in [9.17, 15) is 4.39 Å². The van der Waals surface area contributed by atoms with Crippen molar-refractivity contribution in [3.8, 4) is 11.3 Å². The van der Waals surface area contributed by atoms with Gasteiger partial charge in [-0.2, -0.15) is 0 Å². The van der Waals surface area contributed by atoms with E-state index in [1.165, 1.54) is 18.9 Å². The van der Waals surface area contributed by atoms with Crippen LogP contribution in [0.3, 0.4) is 0 Å². The normalized spacial score (nSPS) is 14.7. The number of hydrogen-bond acceptors (Lipinski definition) is 3. The van der Waals surface area contributed by atoms with Crippen molar-refractivity contribution in [3.05, 3.63) is 40.6 Å². The number of aryl methyl sites for hydroxylation is 1. The molecule has 1 aromatic heterocycles. The lowest BCUT2D eigenvalue weighted by Gasteiger charge is -2.01. The summed E-state index contributed by atoms with van der Waals surface area (Å²) in [6.07, 6.45) is 5.95. The summed E-state index contributed by atoms with van der Waals surface area (Å²) in [7, 11) is 0. The van der Waals surface area contributed by atoms with Gasteiger partial charge in [0.1, 0.15) is 5.82 Å². The first-order chi connectivity index (χ1) is 9.72. The van der Waals surface area contributed by atoms with E-state index in [1.807, 2.05) is 0 Å². The summed E-state index contributed by atoms with van der Waals surface area (Å²) in [5.74, 6) is 0.845. The Kier molecular flexibility index (Phi) is 4.17. The lowest BCUT2D eigenvalue weighted by Crippen LogP contribution is -2.17. The summed E-state index contributed by atoms with van der Waals surface area (Å²) in [4.78, 5) is 4.22. The van der Waals surface area contributed by atoms with Gasteiger partial charge in [0.2, 0.25) is 0 Å². The fourth-order valence-electron chi connectivity index (χ4n) is 2.07. The zero-order valence-electron chi connectivity index (χ0n) is 11.0. The molecule has 3 nitrogen and oxygen atoms in total. The molecule has 0 atom stereocenters. The monoisotopic (exact) mass is 338 g/mol. The van der Waals surface area contributed by atoms with Crippen LogP contribution in [0.4, 0.5) is 4.39 Å². The van der Waals surface area contributed by atoms with E-state index in [4.69, 9.17) is 4.42 Å². The molecule has 0 amide bonds. The molecule has 0 saturated heterocycles. The standard InChI is InChI=1S/C15H16BrFN2O/c16-10-3-6-12(13(17)8-10)14-9-19-15(20-14)2-1-7-18-11-4-5-11/h3,6,8-9,11,18H,1-2,4-5,7H2. The van der Waals surface area contributed by atoms with Crippen LogP contribution in [0.25, 0.3) is 11.3 Å². The Bertz CT molecular complexity index is 595. The molecule has 2 aromatic rings. The molecule has 0 spiro atoms. The molecule has 5 heteroatoms. The second-order valence-corrected chi connectivity index (χ2v) is 5.99. The molecule has 1 fully saturated rings. The molecule has 0 bridgehead atoms. The van der Waals surface area contributed by atoms with E-state index in [2.05, 4.69) is 26.2 Å². The summed E-state index contributed by atoms with van der Waals surface area (Å²) in [6.45, 7) is 0.981. The zero-order valence-corrected chi connectivity index (χ0v) is 12.6. The van der Waals surface area contributed by atoms with Gasteiger partial charge in [-0.05, 0) is 44.0 Å². The largest absolute Gasteiger partial charge is 0.441 e. The van der Waals surface area contributed by atoms with Gasteiger partial charge in [-0.1, -0.05) is 15.9 Å². The van der Waals surface area contributed by atoms with E-state index in [0.29, 0.717) is 21.7 Å². The minimum Gasteiger partial charge on any atom is -0.441 e. The van der Waals surface area contributed by atoms with Crippen molar-refractivity contribution in [2.24, 2.45) is 0 Å². The van der Waals surface area contributed by atoms with Gasteiger partial charge in [0.25, 0.3) is 0 Å². The molecule has 20 heavy (non-hydrogen) atoms. The van der Waals surface area contributed by atoms with Gasteiger partial charge in [0.05, 0.1) is 11.8 Å². The predicted molar refractivity (Wildman–Crippen MR) is 78.9 cm³/mol. The third-order valence-electron chi connectivity index (χ3n) is 3.33. The number of halogens is 2. The van der Waals surface area contributed by atoms with Crippen LogP contribution in [-0.2, 0) is 6.42 Å². The molecule has 1 aliphatic rings. The van der Waals surface area contributed by atoms with Gasteiger partial charge in [0, 0.05) is 16.9 Å². The highest BCUT2D eigenvalue weighted by molar-refractivity contribution is 9.10. The van der Waals surface area contributed by atoms with Crippen LogP contribution >= 0.6 is 15.9 Å². The number of aromatic nitrogens is 1. The smallest absolute Gasteiger partial charge is 0.194 e. The Morgan fingerprint density at radius 1 is 1.40 bits per heavy atom. The molecule has 3 rings (SSSR count). The van der Waals surface area contributed by atoms with Gasteiger partial charge in [-0.3, -0.25) is 0 Å². The highest BCUT2D eigenvalue weighted by Crippen LogP contribution is 2.26. The minimum absolute atomic E-state index is 0.308. The number of nitrogens with one attached hydrogen (secondary N) is 1. The van der Waals surface area contributed by atoms with E-state index in [1.54, 1.807) is 18.3 Å². The summed E-state index contributed by atoms with van der Waals surface area (Å²) in [6, 6.07) is 5.64. The first kappa shape index (κ1) is 13.8. The number of nitrogens with zero attached hydrogens (tertiary/aromatic N) is 1. The predicted octanol–water partition coefficient (Wildman–Crippen LogP) is 3.93. The van der Waals surface area contributed by atoms with Crippen LogP contribution in [0.1, 0.15) is 25.2 Å². The highest BCUT2D eigenvalue weighted by atomic mass is 79.9. The number of benzene rings is 1. The first-order valence-corrected chi connectivity index (χ1v) is 7.65. The van der Waals surface area contributed by atoms with Gasteiger partial charge in [-0.15, -0.1) is 0 Å². The molecular weight excluding hydrogens is 323 g/mol. The summed E-state index contributed by atoms with van der Waals surface area (Å²) >= 11 is 3.24. The molecule has 1 heterocycles. The third kappa shape index (κ3) is 3.46. The molecule has 0 unspecified atom stereocenters. The Morgan fingerprint density at radius 3 is 3.00 bits per heavy atom. The summed E-state index contributed by atoms with van der Waals surface area (Å²) in [5.41, 5.74) is 0.447. The molecule has 0 aliphatic heterocycles. The molecule has 0 radical (unpaired) electrons. The topological polar surface area (TPSA) is 38.1 Å². The van der Waals surface area contributed by atoms with E-state index in [0.717, 1.165) is 25.4 Å². The SMILES string of the molecule is Fc1cc(Br)ccc1-c1cnc(CCCNC2CC2)o1. The fourth-order valence-corrected chi connectivity index (χ4v) is 2.41. The third-order valence-corrected chi connectivity index (χ3v) is 3.82. The molecular formula is C15H16BrFN2O. The summed E-state index contributed by atoms with van der Waals surface area (Å²) in [5, 5.41) is 3.45. The number of hydrogen-bond donors (Lipinski definition) is 1. The maximum atomic E-state index is 13.8. The molecule has 1 N–H and O–H groups in total. The van der Waals surface area contributed by atoms with Crippen molar-refractivity contribution in [1.29, 1.82) is 0 Å². The lowest BCUT2D eigenvalue weighted by atomic mass is 10.2. The van der Waals surface area contributed by atoms with Gasteiger partial charge in [-0.25, -0.2) is 9.37 Å². The maximum Gasteiger partial charge on any atom is 0.194 e. The van der Waals surface area contributed by atoms with Gasteiger partial charge in [0.15, 0.2) is 11.7 Å². The average Bonchev–Trinajstić information content (AvgIpc) is 3.13. The van der Waals surface area contributed by atoms with E-state index < -0.39 is 0 Å². The first-order valence-electron chi connectivity index (χ1n) is 6.86. The molecule has 1 aliphatic carbocycles.